The second-order valence-corrected chi connectivity index (χ2v) is 28.4. The number of nitrogens with one attached hydrogen (secondary N) is 1. The molecule has 490 valence electrons. The van der Waals surface area contributed by atoms with Crippen molar-refractivity contribution in [2.45, 2.75) is 20.3 Å². The molecule has 1 N–H and O–H groups in total. The standard InChI is InChI=1S/C50H36N2S.C24H17NS.C20H14BrN.CH4/c1-3-12-35(13-4-1)36-22-28-41(29-23-36)51(47-20-11-18-45-44-17-8-10-21-49(44)53-50(45)47)42-30-24-37(25-31-42)38-26-32-43(33-27-38)52-46-19-9-7-16-40(46)34-48(52)39-14-5-2-6-15-39;1-2-7-17(8-3-1)18-13-15-19(16-14-18)25-22-11-6-10-21-20-9-4-5-12-23(20)26-24(21)22;21-18-9-5-15(6-10-18)16-7-11-19(12-8-16)22-14-13-17-3-1-2-4-20(17)22;/h1-26,28-32,34H,27,33H2;1-16,25H;1-14H;1H4. The smallest absolute Gasteiger partial charge is 0.0640 e. The van der Waals surface area contributed by atoms with Crippen molar-refractivity contribution in [1.29, 1.82) is 0 Å². The topological polar surface area (TPSA) is 25.1 Å². The summed E-state index contributed by atoms with van der Waals surface area (Å²) in [4.78, 5) is 2.42. The molecule has 19 rings (SSSR count). The Morgan fingerprint density at radius 2 is 0.824 bits per heavy atom. The summed E-state index contributed by atoms with van der Waals surface area (Å²) in [6.07, 6.45) is 8.74. The maximum atomic E-state index is 3.60. The molecule has 0 unspecified atom stereocenters. The van der Waals surface area contributed by atoms with Crippen LogP contribution in [-0.4, -0.2) is 9.13 Å². The van der Waals surface area contributed by atoms with Gasteiger partial charge in [0.2, 0.25) is 0 Å². The Morgan fingerprint density at radius 1 is 0.353 bits per heavy atom. The maximum absolute atomic E-state index is 3.60. The lowest BCUT2D eigenvalue weighted by Gasteiger charge is -2.27. The van der Waals surface area contributed by atoms with Gasteiger partial charge in [0.1, 0.15) is 0 Å². The number of rotatable bonds is 12. The lowest BCUT2D eigenvalue weighted by Crippen LogP contribution is -2.10. The number of hydrogen-bond donors (Lipinski definition) is 1. The lowest BCUT2D eigenvalue weighted by atomic mass is 9.95. The van der Waals surface area contributed by atoms with Gasteiger partial charge in [-0.2, -0.15) is 0 Å². The van der Waals surface area contributed by atoms with E-state index < -0.39 is 0 Å². The van der Waals surface area contributed by atoms with Crippen molar-refractivity contribution in [3.05, 3.63) is 386 Å². The van der Waals surface area contributed by atoms with Crippen molar-refractivity contribution < 1.29 is 0 Å². The predicted octanol–water partition coefficient (Wildman–Crippen LogP) is 28.7. The van der Waals surface area contributed by atoms with Gasteiger partial charge in [-0.25, -0.2) is 0 Å². The Bertz CT molecular complexity index is 6010. The lowest BCUT2D eigenvalue weighted by molar-refractivity contribution is 0.979. The van der Waals surface area contributed by atoms with Crippen LogP contribution in [0, 0.1) is 0 Å². The van der Waals surface area contributed by atoms with Crippen molar-refractivity contribution in [1.82, 2.24) is 9.13 Å². The number of nitrogens with zero attached hydrogens (tertiary/aromatic N) is 3. The van der Waals surface area contributed by atoms with E-state index >= 15 is 0 Å². The van der Waals surface area contributed by atoms with Crippen LogP contribution in [0.1, 0.15) is 25.8 Å². The summed E-state index contributed by atoms with van der Waals surface area (Å²) in [6, 6.07) is 128. The van der Waals surface area contributed by atoms with E-state index in [1.54, 1.807) is 0 Å². The Kier molecular flexibility index (Phi) is 18.5. The average Bonchev–Trinajstić information content (AvgIpc) is 1.63. The summed E-state index contributed by atoms with van der Waals surface area (Å²) < 4.78 is 11.0. The molecule has 1 aliphatic carbocycles. The van der Waals surface area contributed by atoms with Gasteiger partial charge >= 0.3 is 0 Å². The number of para-hydroxylation sites is 2. The summed E-state index contributed by atoms with van der Waals surface area (Å²) >= 11 is 7.19. The third kappa shape index (κ3) is 13.2. The molecular formula is C95H71BrN4S2. The van der Waals surface area contributed by atoms with Gasteiger partial charge in [0, 0.05) is 75.4 Å². The normalized spacial score (nSPS) is 11.9. The fourth-order valence-electron chi connectivity index (χ4n) is 14.1. The Balaban J connectivity index is 0.000000136. The van der Waals surface area contributed by atoms with Crippen molar-refractivity contribution in [2.75, 3.05) is 10.2 Å². The van der Waals surface area contributed by atoms with Crippen LogP contribution in [0.2, 0.25) is 0 Å². The largest absolute Gasteiger partial charge is 0.354 e. The summed E-state index contributed by atoms with van der Waals surface area (Å²) in [7, 11) is 0. The van der Waals surface area contributed by atoms with Gasteiger partial charge in [0.05, 0.1) is 37.5 Å². The molecule has 14 aromatic carbocycles. The molecule has 0 fully saturated rings. The van der Waals surface area contributed by atoms with Crippen LogP contribution in [0.4, 0.5) is 28.4 Å². The third-order valence-corrected chi connectivity index (χ3v) is 22.1. The SMILES string of the molecule is Brc1ccc(-c2ccc(-n3ccc4ccccc43)cc2)cc1.C.C1=C(c2ccc(N(c3ccc(-c4ccccc4)cc3)c3cccc4c3sc3ccccc34)cc2)CCC(n2c(-c3ccccc3)cc3ccccc32)=C1.c1ccc(-c2ccc(Nc3cccc4c3sc3ccccc34)cc2)cc1. The van der Waals surface area contributed by atoms with Gasteiger partial charge in [0.15, 0.2) is 0 Å². The van der Waals surface area contributed by atoms with Gasteiger partial charge < -0.3 is 19.4 Å². The van der Waals surface area contributed by atoms with E-state index in [-0.39, 0.29) is 7.43 Å². The zero-order chi connectivity index (χ0) is 67.4. The molecule has 0 saturated carbocycles. The summed E-state index contributed by atoms with van der Waals surface area (Å²) in [5.74, 6) is 0. The minimum Gasteiger partial charge on any atom is -0.354 e. The van der Waals surface area contributed by atoms with Gasteiger partial charge in [-0.15, -0.1) is 22.7 Å². The van der Waals surface area contributed by atoms with Crippen molar-refractivity contribution in [3.8, 4) is 50.3 Å². The molecule has 4 nitrogen and oxygen atoms in total. The van der Waals surface area contributed by atoms with Crippen molar-refractivity contribution >= 4 is 140 Å². The molecular weight excluding hydrogens is 1340 g/mol. The summed E-state index contributed by atoms with van der Waals surface area (Å²) in [5.41, 5.74) is 23.2. The highest BCUT2D eigenvalue weighted by molar-refractivity contribution is 9.10. The maximum Gasteiger partial charge on any atom is 0.0640 e. The van der Waals surface area contributed by atoms with Crippen LogP contribution in [0.25, 0.3) is 124 Å². The Morgan fingerprint density at radius 3 is 1.43 bits per heavy atom. The number of benzene rings is 14. The second kappa shape index (κ2) is 29.2. The molecule has 18 aromatic rings. The number of thiophene rings is 2. The molecule has 0 radical (unpaired) electrons. The molecule has 4 heterocycles. The van der Waals surface area contributed by atoms with Crippen molar-refractivity contribution in [2.24, 2.45) is 0 Å². The molecule has 0 amide bonds. The first-order valence-electron chi connectivity index (χ1n) is 34.3. The zero-order valence-corrected chi connectivity index (χ0v) is 58.5. The predicted molar refractivity (Wildman–Crippen MR) is 446 cm³/mol. The van der Waals surface area contributed by atoms with Gasteiger partial charge in [0.25, 0.3) is 0 Å². The van der Waals surface area contributed by atoms with E-state index in [2.05, 4.69) is 405 Å². The van der Waals surface area contributed by atoms with Crippen LogP contribution in [0.5, 0.6) is 0 Å². The molecule has 0 saturated heterocycles. The highest BCUT2D eigenvalue weighted by atomic mass is 79.9. The van der Waals surface area contributed by atoms with Crippen LogP contribution in [0.3, 0.4) is 0 Å². The zero-order valence-electron chi connectivity index (χ0n) is 55.2. The van der Waals surface area contributed by atoms with E-state index in [1.807, 2.05) is 28.7 Å². The molecule has 0 bridgehead atoms. The van der Waals surface area contributed by atoms with E-state index in [1.165, 1.54) is 135 Å². The number of allylic oxidation sites excluding steroid dienone is 4. The number of aromatic nitrogens is 2. The van der Waals surface area contributed by atoms with E-state index in [4.69, 9.17) is 0 Å². The van der Waals surface area contributed by atoms with E-state index in [0.717, 1.165) is 40.1 Å². The summed E-state index contributed by atoms with van der Waals surface area (Å²) in [5, 5.41) is 11.4. The first kappa shape index (κ1) is 64.8. The molecule has 1 aliphatic rings. The highest BCUT2D eigenvalue weighted by Crippen LogP contribution is 2.46. The number of anilines is 5. The summed E-state index contributed by atoms with van der Waals surface area (Å²) in [6.45, 7) is 0. The molecule has 0 spiro atoms. The fraction of sp³-hybridized carbons (Fsp3) is 0.0316. The average molecular weight is 1410 g/mol. The van der Waals surface area contributed by atoms with Crippen LogP contribution >= 0.6 is 38.6 Å². The molecule has 4 aromatic heterocycles. The quantitative estimate of drug-likeness (QED) is 0.132. The van der Waals surface area contributed by atoms with Gasteiger partial charge in [-0.05, 0) is 184 Å². The second-order valence-electron chi connectivity index (χ2n) is 25.3. The first-order valence-corrected chi connectivity index (χ1v) is 36.7. The monoisotopic (exact) mass is 1410 g/mol. The fourth-order valence-corrected chi connectivity index (χ4v) is 16.7. The number of hydrogen-bond acceptors (Lipinski definition) is 4. The Hall–Kier alpha value is -11.8. The Labute approximate surface area is 612 Å². The van der Waals surface area contributed by atoms with Crippen molar-refractivity contribution in [3.63, 3.8) is 0 Å². The first-order chi connectivity index (χ1) is 50.0. The van der Waals surface area contributed by atoms with Gasteiger partial charge in [-0.1, -0.05) is 278 Å². The van der Waals surface area contributed by atoms with E-state index in [0.29, 0.717) is 0 Å². The third-order valence-electron chi connectivity index (χ3n) is 19.1. The highest BCUT2D eigenvalue weighted by Gasteiger charge is 2.21. The van der Waals surface area contributed by atoms with Gasteiger partial charge in [-0.3, -0.25) is 0 Å². The van der Waals surface area contributed by atoms with Crippen LogP contribution in [-0.2, 0) is 0 Å². The molecule has 7 heteroatoms. The molecule has 0 aliphatic heterocycles. The minimum atomic E-state index is 0. The molecule has 102 heavy (non-hydrogen) atoms. The molecule has 0 atom stereocenters. The minimum absolute atomic E-state index is 0. The van der Waals surface area contributed by atoms with Crippen LogP contribution in [0.15, 0.2) is 381 Å². The number of fused-ring (bicyclic) bond motifs is 8. The van der Waals surface area contributed by atoms with E-state index in [9.17, 15) is 0 Å². The van der Waals surface area contributed by atoms with Crippen LogP contribution < -0.4 is 10.2 Å². The number of halogens is 1.